The second-order valence-electron chi connectivity index (χ2n) is 4.95. The summed E-state index contributed by atoms with van der Waals surface area (Å²) >= 11 is 0. The molecule has 24 heavy (non-hydrogen) atoms. The van der Waals surface area contributed by atoms with Gasteiger partial charge in [0, 0.05) is 0 Å². The van der Waals surface area contributed by atoms with Gasteiger partial charge in [-0.3, -0.25) is 0 Å². The number of ether oxygens (including phenoxy) is 3. The van der Waals surface area contributed by atoms with Crippen LogP contribution in [-0.2, 0) is 14.3 Å². The maximum atomic E-state index is 12.4. The predicted molar refractivity (Wildman–Crippen MR) is 86.1 cm³/mol. The fourth-order valence-electron chi connectivity index (χ4n) is 2.49. The van der Waals surface area contributed by atoms with Crippen LogP contribution in [0.1, 0.15) is 18.4 Å². The number of hydrogen-bond acceptors (Lipinski definition) is 6. The minimum Gasteiger partial charge on any atom is -0.497 e. The number of carbonyl (C=O) groups is 1. The first kappa shape index (κ1) is 17.0. The molecule has 1 aromatic rings. The van der Waals surface area contributed by atoms with Crippen LogP contribution in [0.3, 0.4) is 0 Å². The average Bonchev–Trinajstić information content (AvgIpc) is 2.59. The van der Waals surface area contributed by atoms with E-state index in [0.29, 0.717) is 11.3 Å². The zero-order chi connectivity index (χ0) is 17.7. The molecule has 2 N–H and O–H groups in total. The molecule has 1 unspecified atom stereocenters. The molecule has 0 saturated carbocycles. The number of rotatable bonds is 4. The summed E-state index contributed by atoms with van der Waals surface area (Å²) in [5.41, 5.74) is 6.79. The van der Waals surface area contributed by atoms with Crippen molar-refractivity contribution < 1.29 is 19.0 Å². The average molecular weight is 324 g/mol. The Labute approximate surface area is 140 Å². The highest BCUT2D eigenvalue weighted by atomic mass is 16.5. The monoisotopic (exact) mass is 324 g/mol. The van der Waals surface area contributed by atoms with Gasteiger partial charge in [-0.1, -0.05) is 18.1 Å². The van der Waals surface area contributed by atoms with Crippen LogP contribution in [0.5, 0.6) is 5.75 Å². The van der Waals surface area contributed by atoms with E-state index in [4.69, 9.17) is 26.4 Å². The number of nitrogens with two attached hydrogens (primary N) is 1. The third kappa shape index (κ3) is 3.18. The molecule has 0 aromatic heterocycles. The summed E-state index contributed by atoms with van der Waals surface area (Å²) in [6, 6.07) is 9.02. The van der Waals surface area contributed by atoms with Crippen molar-refractivity contribution in [3.63, 3.8) is 0 Å². The number of hydrogen-bond donors (Lipinski definition) is 1. The van der Waals surface area contributed by atoms with Gasteiger partial charge in [-0.15, -0.1) is 6.42 Å². The first-order valence-electron chi connectivity index (χ1n) is 7.06. The maximum Gasteiger partial charge on any atom is 0.339 e. The summed E-state index contributed by atoms with van der Waals surface area (Å²) in [5.74, 6) is 1.67. The Morgan fingerprint density at radius 1 is 1.50 bits per heavy atom. The lowest BCUT2D eigenvalue weighted by molar-refractivity contribution is -0.138. The van der Waals surface area contributed by atoms with Crippen LogP contribution in [0.4, 0.5) is 0 Å². The van der Waals surface area contributed by atoms with Crippen LogP contribution < -0.4 is 10.5 Å². The molecule has 0 spiro atoms. The summed E-state index contributed by atoms with van der Waals surface area (Å²) in [4.78, 5) is 12.4. The number of terminal acetylenes is 1. The molecule has 0 amide bonds. The third-order valence-corrected chi connectivity index (χ3v) is 3.54. The van der Waals surface area contributed by atoms with Gasteiger partial charge in [0.25, 0.3) is 0 Å². The number of nitriles is 1. The zero-order valence-corrected chi connectivity index (χ0v) is 13.3. The minimum absolute atomic E-state index is 0.0451. The van der Waals surface area contributed by atoms with E-state index in [1.165, 1.54) is 7.11 Å². The van der Waals surface area contributed by atoms with Gasteiger partial charge in [0.05, 0.1) is 18.6 Å². The van der Waals surface area contributed by atoms with Crippen LogP contribution in [0.2, 0.25) is 0 Å². The Morgan fingerprint density at radius 2 is 2.25 bits per heavy atom. The summed E-state index contributed by atoms with van der Waals surface area (Å²) < 4.78 is 15.6. The molecule has 0 fully saturated rings. The minimum atomic E-state index is -0.718. The van der Waals surface area contributed by atoms with E-state index in [0.717, 1.165) is 0 Å². The number of allylic oxidation sites excluding steroid dienone is 2. The van der Waals surface area contributed by atoms with Crippen LogP contribution in [0.25, 0.3) is 0 Å². The lowest BCUT2D eigenvalue weighted by atomic mass is 9.83. The standard InChI is InChI=1S/C18H16N2O4/c1-4-8-23-18(21)15-11(2)24-17(20)14(10-19)16(15)12-6-5-7-13(9-12)22-3/h1,5-7,9,16H,8,20H2,2-3H3. The van der Waals surface area contributed by atoms with E-state index in [-0.39, 0.29) is 29.4 Å². The largest absolute Gasteiger partial charge is 0.497 e. The van der Waals surface area contributed by atoms with Crippen LogP contribution in [-0.4, -0.2) is 19.7 Å². The summed E-state index contributed by atoms with van der Waals surface area (Å²) in [7, 11) is 1.53. The number of esters is 1. The third-order valence-electron chi connectivity index (χ3n) is 3.54. The van der Waals surface area contributed by atoms with E-state index in [1.807, 2.05) is 6.07 Å². The highest BCUT2D eigenvalue weighted by molar-refractivity contribution is 5.92. The van der Waals surface area contributed by atoms with Crippen molar-refractivity contribution in [2.24, 2.45) is 5.73 Å². The Kier molecular flexibility index (Phi) is 5.13. The zero-order valence-electron chi connectivity index (χ0n) is 13.3. The van der Waals surface area contributed by atoms with Crippen molar-refractivity contribution in [3.05, 3.63) is 52.6 Å². The van der Waals surface area contributed by atoms with Gasteiger partial charge >= 0.3 is 5.97 Å². The maximum absolute atomic E-state index is 12.4. The van der Waals surface area contributed by atoms with Crippen molar-refractivity contribution in [1.29, 1.82) is 5.26 Å². The van der Waals surface area contributed by atoms with Crippen LogP contribution >= 0.6 is 0 Å². The van der Waals surface area contributed by atoms with Gasteiger partial charge in [0.2, 0.25) is 5.88 Å². The number of carbonyl (C=O) groups excluding carboxylic acids is 1. The molecule has 0 radical (unpaired) electrons. The molecule has 6 nitrogen and oxygen atoms in total. The van der Waals surface area contributed by atoms with Gasteiger partial charge in [0.15, 0.2) is 6.61 Å². The quantitative estimate of drug-likeness (QED) is 0.672. The molecular formula is C18H16N2O4. The highest BCUT2D eigenvalue weighted by Crippen LogP contribution is 2.40. The first-order chi connectivity index (χ1) is 11.5. The SMILES string of the molecule is C#CCOC(=O)C1=C(C)OC(N)=C(C#N)C1c1cccc(OC)c1. The lowest BCUT2D eigenvalue weighted by Gasteiger charge is -2.26. The number of benzene rings is 1. The molecule has 1 aromatic carbocycles. The molecule has 0 bridgehead atoms. The van der Waals surface area contributed by atoms with E-state index < -0.39 is 11.9 Å². The Morgan fingerprint density at radius 3 is 2.88 bits per heavy atom. The fraction of sp³-hybridized carbons (Fsp3) is 0.222. The molecular weight excluding hydrogens is 308 g/mol. The van der Waals surface area contributed by atoms with Crippen molar-refractivity contribution in [2.75, 3.05) is 13.7 Å². The van der Waals surface area contributed by atoms with Gasteiger partial charge in [-0.25, -0.2) is 4.79 Å². The normalized spacial score (nSPS) is 16.8. The molecule has 6 heteroatoms. The first-order valence-corrected chi connectivity index (χ1v) is 7.06. The second-order valence-corrected chi connectivity index (χ2v) is 4.95. The molecule has 0 saturated heterocycles. The second kappa shape index (κ2) is 7.26. The van der Waals surface area contributed by atoms with Crippen LogP contribution in [0, 0.1) is 23.7 Å². The summed E-state index contributed by atoms with van der Waals surface area (Å²) in [6.07, 6.45) is 5.13. The molecule has 1 atom stereocenters. The highest BCUT2D eigenvalue weighted by Gasteiger charge is 2.36. The van der Waals surface area contributed by atoms with Crippen molar-refractivity contribution in [2.45, 2.75) is 12.8 Å². The van der Waals surface area contributed by atoms with Gasteiger partial charge in [-0.2, -0.15) is 5.26 Å². The fourth-order valence-corrected chi connectivity index (χ4v) is 2.49. The Hall–Kier alpha value is -3.38. The van der Waals surface area contributed by atoms with Crippen molar-refractivity contribution in [1.82, 2.24) is 0 Å². The summed E-state index contributed by atoms with van der Waals surface area (Å²) in [5, 5.41) is 9.48. The molecule has 1 aliphatic rings. The smallest absolute Gasteiger partial charge is 0.339 e. The molecule has 2 rings (SSSR count). The molecule has 1 aliphatic heterocycles. The summed E-state index contributed by atoms with van der Waals surface area (Å²) in [6.45, 7) is 1.40. The Bertz CT molecular complexity index is 809. The van der Waals surface area contributed by atoms with Gasteiger partial charge in [-0.05, 0) is 24.6 Å². The van der Waals surface area contributed by atoms with Gasteiger partial charge in [0.1, 0.15) is 23.2 Å². The van der Waals surface area contributed by atoms with Crippen LogP contribution in [0.15, 0.2) is 47.1 Å². The molecule has 1 heterocycles. The van der Waals surface area contributed by atoms with E-state index in [2.05, 4.69) is 5.92 Å². The van der Waals surface area contributed by atoms with Gasteiger partial charge < -0.3 is 19.9 Å². The Balaban J connectivity index is 2.58. The predicted octanol–water partition coefficient (Wildman–Crippen LogP) is 1.95. The molecule has 0 aliphatic carbocycles. The van der Waals surface area contributed by atoms with E-state index in [9.17, 15) is 10.1 Å². The van der Waals surface area contributed by atoms with Crippen molar-refractivity contribution in [3.8, 4) is 24.2 Å². The molecule has 122 valence electrons. The van der Waals surface area contributed by atoms with E-state index in [1.54, 1.807) is 31.2 Å². The lowest BCUT2D eigenvalue weighted by Crippen LogP contribution is -2.25. The number of nitrogens with zero attached hydrogens (tertiary/aromatic N) is 1. The van der Waals surface area contributed by atoms with E-state index >= 15 is 0 Å². The topological polar surface area (TPSA) is 94.6 Å². The number of methoxy groups -OCH3 is 1. The van der Waals surface area contributed by atoms with Crippen molar-refractivity contribution >= 4 is 5.97 Å².